The SMILES string of the molecule is CC/C(C)=C(/C=C/C(C)=C/C=C/C(C)=C/C(=O)O)C(C)(C)C. The van der Waals surface area contributed by atoms with Crippen LogP contribution in [-0.4, -0.2) is 11.1 Å². The number of carboxylic acid groups (broad SMARTS) is 1. The monoisotopic (exact) mass is 302 g/mol. The molecule has 0 aromatic rings. The van der Waals surface area contributed by atoms with E-state index in [1.54, 1.807) is 13.0 Å². The van der Waals surface area contributed by atoms with Gasteiger partial charge in [0, 0.05) is 6.08 Å². The zero-order valence-corrected chi connectivity index (χ0v) is 15.0. The molecular formula is C20H30O2. The first-order chi connectivity index (χ1) is 10.1. The number of aliphatic carboxylic acids is 1. The summed E-state index contributed by atoms with van der Waals surface area (Å²) in [5.74, 6) is -0.919. The molecular weight excluding hydrogens is 272 g/mol. The Balaban J connectivity index is 5.11. The predicted octanol–water partition coefficient (Wildman–Crippen LogP) is 5.85. The summed E-state index contributed by atoms with van der Waals surface area (Å²) in [5, 5.41) is 8.65. The minimum absolute atomic E-state index is 0.132. The standard InChI is InChI=1S/C20H30O2/c1-8-17(4)18(20(5,6)7)13-12-15(2)10-9-11-16(3)14-19(21)22/h9-14H,8H2,1-7H3,(H,21,22)/b11-9+,13-12+,15-10+,16-14+,18-17-. The highest BCUT2D eigenvalue weighted by molar-refractivity contribution is 5.81. The van der Waals surface area contributed by atoms with E-state index < -0.39 is 5.97 Å². The van der Waals surface area contributed by atoms with Gasteiger partial charge >= 0.3 is 5.97 Å². The van der Waals surface area contributed by atoms with Crippen molar-refractivity contribution in [2.75, 3.05) is 0 Å². The minimum atomic E-state index is -0.919. The van der Waals surface area contributed by atoms with Gasteiger partial charge in [0.05, 0.1) is 0 Å². The second kappa shape index (κ2) is 9.24. The van der Waals surface area contributed by atoms with Gasteiger partial charge in [0.25, 0.3) is 0 Å². The molecule has 0 fully saturated rings. The smallest absolute Gasteiger partial charge is 0.328 e. The van der Waals surface area contributed by atoms with E-state index >= 15 is 0 Å². The van der Waals surface area contributed by atoms with Crippen molar-refractivity contribution >= 4 is 5.97 Å². The van der Waals surface area contributed by atoms with E-state index in [-0.39, 0.29) is 5.41 Å². The van der Waals surface area contributed by atoms with Crippen LogP contribution in [0.2, 0.25) is 0 Å². The van der Waals surface area contributed by atoms with Gasteiger partial charge in [0.1, 0.15) is 0 Å². The molecule has 0 aliphatic rings. The Hall–Kier alpha value is -1.83. The van der Waals surface area contributed by atoms with E-state index in [1.807, 2.05) is 19.1 Å². The van der Waals surface area contributed by atoms with E-state index in [2.05, 4.69) is 46.8 Å². The highest BCUT2D eigenvalue weighted by Gasteiger charge is 2.16. The van der Waals surface area contributed by atoms with Crippen LogP contribution in [0.15, 0.2) is 58.7 Å². The van der Waals surface area contributed by atoms with Crippen molar-refractivity contribution in [1.29, 1.82) is 0 Å². The lowest BCUT2D eigenvalue weighted by atomic mass is 9.82. The van der Waals surface area contributed by atoms with E-state index in [9.17, 15) is 4.79 Å². The molecule has 22 heavy (non-hydrogen) atoms. The van der Waals surface area contributed by atoms with Gasteiger partial charge in [-0.05, 0) is 43.8 Å². The van der Waals surface area contributed by atoms with Crippen LogP contribution in [0.5, 0.6) is 0 Å². The lowest BCUT2D eigenvalue weighted by molar-refractivity contribution is -0.131. The second-order valence-electron chi connectivity index (χ2n) is 6.63. The quantitative estimate of drug-likeness (QED) is 0.493. The Morgan fingerprint density at radius 1 is 1.00 bits per heavy atom. The molecule has 0 spiro atoms. The third-order valence-corrected chi connectivity index (χ3v) is 3.38. The minimum Gasteiger partial charge on any atom is -0.478 e. The van der Waals surface area contributed by atoms with Gasteiger partial charge in [-0.15, -0.1) is 0 Å². The van der Waals surface area contributed by atoms with Crippen LogP contribution in [0, 0.1) is 5.41 Å². The Morgan fingerprint density at radius 3 is 2.05 bits per heavy atom. The maximum atomic E-state index is 10.5. The molecule has 0 heterocycles. The second-order valence-corrected chi connectivity index (χ2v) is 6.63. The van der Waals surface area contributed by atoms with Gasteiger partial charge < -0.3 is 5.11 Å². The first-order valence-electron chi connectivity index (χ1n) is 7.72. The van der Waals surface area contributed by atoms with Crippen LogP contribution in [0.25, 0.3) is 0 Å². The topological polar surface area (TPSA) is 37.3 Å². The van der Waals surface area contributed by atoms with Crippen LogP contribution in [0.4, 0.5) is 0 Å². The summed E-state index contributed by atoms with van der Waals surface area (Å²) in [6.45, 7) is 14.9. The molecule has 0 bridgehead atoms. The molecule has 2 nitrogen and oxygen atoms in total. The Bertz CT molecular complexity index is 533. The van der Waals surface area contributed by atoms with Crippen molar-refractivity contribution in [2.45, 2.75) is 54.9 Å². The number of hydrogen-bond acceptors (Lipinski definition) is 1. The summed E-state index contributed by atoms with van der Waals surface area (Å²) in [6, 6.07) is 0. The molecule has 0 aliphatic heterocycles. The highest BCUT2D eigenvalue weighted by Crippen LogP contribution is 2.30. The molecule has 0 atom stereocenters. The fourth-order valence-corrected chi connectivity index (χ4v) is 2.09. The first-order valence-corrected chi connectivity index (χ1v) is 7.72. The van der Waals surface area contributed by atoms with Crippen LogP contribution >= 0.6 is 0 Å². The van der Waals surface area contributed by atoms with Crippen LogP contribution in [0.3, 0.4) is 0 Å². The van der Waals surface area contributed by atoms with Gasteiger partial charge in [0.15, 0.2) is 0 Å². The number of carbonyl (C=O) groups is 1. The Morgan fingerprint density at radius 2 is 1.59 bits per heavy atom. The van der Waals surface area contributed by atoms with Crippen molar-refractivity contribution in [3.8, 4) is 0 Å². The van der Waals surface area contributed by atoms with Crippen LogP contribution in [0.1, 0.15) is 54.9 Å². The number of rotatable bonds is 6. The van der Waals surface area contributed by atoms with Gasteiger partial charge in [-0.3, -0.25) is 0 Å². The van der Waals surface area contributed by atoms with Crippen molar-refractivity contribution in [3.05, 3.63) is 58.7 Å². The first kappa shape index (κ1) is 20.2. The molecule has 0 radical (unpaired) electrons. The summed E-state index contributed by atoms with van der Waals surface area (Å²) in [5.41, 5.74) is 4.76. The van der Waals surface area contributed by atoms with E-state index in [0.717, 1.165) is 17.6 Å². The molecule has 0 aromatic heterocycles. The molecule has 122 valence electrons. The highest BCUT2D eigenvalue weighted by atomic mass is 16.4. The molecule has 2 heteroatoms. The van der Waals surface area contributed by atoms with Crippen molar-refractivity contribution < 1.29 is 9.90 Å². The molecule has 0 aliphatic carbocycles. The average Bonchev–Trinajstić information content (AvgIpc) is 2.35. The summed E-state index contributed by atoms with van der Waals surface area (Å²) in [4.78, 5) is 10.5. The lowest BCUT2D eigenvalue weighted by Gasteiger charge is -2.23. The van der Waals surface area contributed by atoms with E-state index in [4.69, 9.17) is 5.11 Å². The summed E-state index contributed by atoms with van der Waals surface area (Å²) >= 11 is 0. The maximum Gasteiger partial charge on any atom is 0.328 e. The zero-order valence-electron chi connectivity index (χ0n) is 15.0. The molecule has 0 aromatic carbocycles. The van der Waals surface area contributed by atoms with Gasteiger partial charge in [-0.25, -0.2) is 4.79 Å². The zero-order chi connectivity index (χ0) is 17.3. The maximum absolute atomic E-state index is 10.5. The lowest BCUT2D eigenvalue weighted by Crippen LogP contribution is -2.09. The third kappa shape index (κ3) is 8.46. The summed E-state index contributed by atoms with van der Waals surface area (Å²) in [7, 11) is 0. The fraction of sp³-hybridized carbons (Fsp3) is 0.450. The van der Waals surface area contributed by atoms with Crippen molar-refractivity contribution in [1.82, 2.24) is 0 Å². The fourth-order valence-electron chi connectivity index (χ4n) is 2.09. The van der Waals surface area contributed by atoms with Crippen molar-refractivity contribution in [2.24, 2.45) is 5.41 Å². The molecule has 0 amide bonds. The molecule has 0 saturated carbocycles. The summed E-state index contributed by atoms with van der Waals surface area (Å²) < 4.78 is 0. The Kier molecular flexibility index (Phi) is 8.47. The van der Waals surface area contributed by atoms with E-state index in [1.165, 1.54) is 17.2 Å². The summed E-state index contributed by atoms with van der Waals surface area (Å²) in [6.07, 6.45) is 12.2. The van der Waals surface area contributed by atoms with Crippen LogP contribution in [-0.2, 0) is 4.79 Å². The number of hydrogen-bond donors (Lipinski definition) is 1. The van der Waals surface area contributed by atoms with Crippen LogP contribution < -0.4 is 0 Å². The normalized spacial score (nSPS) is 15.6. The third-order valence-electron chi connectivity index (χ3n) is 3.38. The Labute approximate surface area is 135 Å². The number of allylic oxidation sites excluding steroid dienone is 9. The molecule has 0 rings (SSSR count). The van der Waals surface area contributed by atoms with Gasteiger partial charge in [-0.2, -0.15) is 0 Å². The van der Waals surface area contributed by atoms with E-state index in [0.29, 0.717) is 0 Å². The van der Waals surface area contributed by atoms with Gasteiger partial charge in [-0.1, -0.05) is 69.2 Å². The predicted molar refractivity (Wildman–Crippen MR) is 95.9 cm³/mol. The van der Waals surface area contributed by atoms with Gasteiger partial charge in [0.2, 0.25) is 0 Å². The largest absolute Gasteiger partial charge is 0.478 e. The molecule has 0 unspecified atom stereocenters. The van der Waals surface area contributed by atoms with Crippen molar-refractivity contribution in [3.63, 3.8) is 0 Å². The molecule has 1 N–H and O–H groups in total. The number of carboxylic acids is 1. The molecule has 0 saturated heterocycles. The average molecular weight is 302 g/mol.